The minimum atomic E-state index is -0.125. The first-order valence-electron chi connectivity index (χ1n) is 7.55. The number of halogens is 1. The predicted octanol–water partition coefficient (Wildman–Crippen LogP) is 2.19. The molecule has 0 aliphatic heterocycles. The molecule has 0 amide bonds. The molecule has 120 valence electrons. The van der Waals surface area contributed by atoms with Crippen molar-refractivity contribution in [3.05, 3.63) is 62.0 Å². The van der Waals surface area contributed by atoms with Crippen LogP contribution in [0.2, 0.25) is 5.02 Å². The molecule has 2 N–H and O–H groups in total. The van der Waals surface area contributed by atoms with Crippen LogP contribution in [0.25, 0.3) is 4.96 Å². The van der Waals surface area contributed by atoms with Gasteiger partial charge in [0.1, 0.15) is 23.3 Å². The second-order valence-corrected chi connectivity index (χ2v) is 6.83. The number of benzene rings is 1. The van der Waals surface area contributed by atoms with Crippen LogP contribution in [-0.4, -0.2) is 14.6 Å². The normalized spacial score (nSPS) is 12.7. The van der Waals surface area contributed by atoms with Crippen molar-refractivity contribution < 1.29 is 5.32 Å². The summed E-state index contributed by atoms with van der Waals surface area (Å²) in [5.74, 6) is 0. The van der Waals surface area contributed by atoms with E-state index in [-0.39, 0.29) is 11.6 Å². The van der Waals surface area contributed by atoms with Crippen molar-refractivity contribution in [3.8, 4) is 0 Å². The highest BCUT2D eigenvalue weighted by Gasteiger charge is 2.14. The first-order chi connectivity index (χ1) is 11.1. The van der Waals surface area contributed by atoms with Gasteiger partial charge in [0.05, 0.1) is 0 Å². The standard InChI is InChI=1S/C16H17ClN4OS/c1-3-14-20-21-15(22)8-11(19-16(21)23-14)9-18-10(2)12-6-4-5-7-13(12)17/h4-8,10,18H,3,9H2,1-2H3/p+1/t10-/m1/s1. The number of hydrogen-bond acceptors (Lipinski definition) is 4. The van der Waals surface area contributed by atoms with Crippen LogP contribution in [0.4, 0.5) is 0 Å². The van der Waals surface area contributed by atoms with Gasteiger partial charge in [-0.15, -0.1) is 0 Å². The SMILES string of the molecule is CCc1nn2c(=O)cc(C[NH2+][C@H](C)c3ccccc3Cl)nc2s1. The highest BCUT2D eigenvalue weighted by atomic mass is 35.5. The number of nitrogens with zero attached hydrogens (tertiary/aromatic N) is 3. The molecule has 0 radical (unpaired) electrons. The molecule has 5 nitrogen and oxygen atoms in total. The van der Waals surface area contributed by atoms with Crippen LogP contribution in [-0.2, 0) is 13.0 Å². The van der Waals surface area contributed by atoms with E-state index in [2.05, 4.69) is 22.3 Å². The van der Waals surface area contributed by atoms with Crippen LogP contribution in [0, 0.1) is 0 Å². The quantitative estimate of drug-likeness (QED) is 0.768. The molecule has 1 atom stereocenters. The Balaban J connectivity index is 1.79. The molecular weight excluding hydrogens is 332 g/mol. The molecule has 0 bridgehead atoms. The lowest BCUT2D eigenvalue weighted by molar-refractivity contribution is -0.708. The van der Waals surface area contributed by atoms with Crippen molar-refractivity contribution >= 4 is 27.9 Å². The fourth-order valence-corrected chi connectivity index (χ4v) is 3.58. The van der Waals surface area contributed by atoms with Gasteiger partial charge in [0.2, 0.25) is 4.96 Å². The summed E-state index contributed by atoms with van der Waals surface area (Å²) >= 11 is 7.69. The van der Waals surface area contributed by atoms with E-state index < -0.39 is 0 Å². The van der Waals surface area contributed by atoms with Gasteiger partial charge in [-0.2, -0.15) is 9.61 Å². The van der Waals surface area contributed by atoms with Gasteiger partial charge >= 0.3 is 0 Å². The number of quaternary nitrogens is 1. The molecule has 0 spiro atoms. The van der Waals surface area contributed by atoms with Gasteiger partial charge in [0.15, 0.2) is 0 Å². The number of hydrogen-bond donors (Lipinski definition) is 1. The first-order valence-corrected chi connectivity index (χ1v) is 8.74. The molecule has 3 rings (SSSR count). The third-order valence-electron chi connectivity index (χ3n) is 3.72. The Bertz CT molecular complexity index is 889. The lowest BCUT2D eigenvalue weighted by atomic mass is 10.1. The van der Waals surface area contributed by atoms with Gasteiger partial charge in [0, 0.05) is 16.7 Å². The minimum absolute atomic E-state index is 0.125. The fourth-order valence-electron chi connectivity index (χ4n) is 2.41. The summed E-state index contributed by atoms with van der Waals surface area (Å²) in [7, 11) is 0. The molecule has 7 heteroatoms. The van der Waals surface area contributed by atoms with Crippen molar-refractivity contribution in [2.75, 3.05) is 0 Å². The van der Waals surface area contributed by atoms with Crippen LogP contribution in [0.5, 0.6) is 0 Å². The van der Waals surface area contributed by atoms with E-state index in [0.717, 1.165) is 27.7 Å². The number of nitrogens with two attached hydrogens (primary N) is 1. The van der Waals surface area contributed by atoms with Gasteiger partial charge in [-0.05, 0) is 19.4 Å². The maximum atomic E-state index is 12.1. The van der Waals surface area contributed by atoms with Crippen molar-refractivity contribution in [1.29, 1.82) is 0 Å². The summed E-state index contributed by atoms with van der Waals surface area (Å²) in [5, 5.41) is 8.06. The average Bonchev–Trinajstić information content (AvgIpc) is 2.97. The summed E-state index contributed by atoms with van der Waals surface area (Å²) in [5.41, 5.74) is 1.72. The summed E-state index contributed by atoms with van der Waals surface area (Å²) in [6.45, 7) is 4.73. The highest BCUT2D eigenvalue weighted by Crippen LogP contribution is 2.19. The molecule has 0 saturated heterocycles. The topological polar surface area (TPSA) is 63.9 Å². The molecule has 0 fully saturated rings. The van der Waals surface area contributed by atoms with E-state index in [9.17, 15) is 4.79 Å². The monoisotopic (exact) mass is 349 g/mol. The van der Waals surface area contributed by atoms with Gasteiger partial charge in [0.25, 0.3) is 5.56 Å². The van der Waals surface area contributed by atoms with E-state index >= 15 is 0 Å². The minimum Gasteiger partial charge on any atom is -0.335 e. The van der Waals surface area contributed by atoms with Crippen LogP contribution >= 0.6 is 22.9 Å². The van der Waals surface area contributed by atoms with E-state index in [1.165, 1.54) is 15.9 Å². The third kappa shape index (κ3) is 3.44. The van der Waals surface area contributed by atoms with Gasteiger partial charge in [-0.1, -0.05) is 48.1 Å². The lowest BCUT2D eigenvalue weighted by Crippen LogP contribution is -2.83. The molecule has 3 aromatic rings. The van der Waals surface area contributed by atoms with Crippen LogP contribution in [0.1, 0.15) is 36.2 Å². The van der Waals surface area contributed by atoms with Crippen molar-refractivity contribution in [2.24, 2.45) is 0 Å². The van der Waals surface area contributed by atoms with Crippen molar-refractivity contribution in [3.63, 3.8) is 0 Å². The smallest absolute Gasteiger partial charge is 0.275 e. The number of aromatic nitrogens is 3. The second-order valence-electron chi connectivity index (χ2n) is 5.38. The Labute approximate surface area is 143 Å². The highest BCUT2D eigenvalue weighted by molar-refractivity contribution is 7.16. The molecule has 1 aromatic carbocycles. The lowest BCUT2D eigenvalue weighted by Gasteiger charge is -2.12. The zero-order valence-electron chi connectivity index (χ0n) is 13.0. The summed E-state index contributed by atoms with van der Waals surface area (Å²) in [4.78, 5) is 17.3. The maximum Gasteiger partial charge on any atom is 0.275 e. The van der Waals surface area contributed by atoms with Gasteiger partial charge < -0.3 is 5.32 Å². The van der Waals surface area contributed by atoms with Crippen molar-refractivity contribution in [1.82, 2.24) is 14.6 Å². The Morgan fingerprint density at radius 1 is 1.39 bits per heavy atom. The van der Waals surface area contributed by atoms with Crippen molar-refractivity contribution in [2.45, 2.75) is 32.9 Å². The number of rotatable bonds is 5. The number of fused-ring (bicyclic) bond motifs is 1. The first kappa shape index (κ1) is 16.1. The molecule has 0 unspecified atom stereocenters. The summed E-state index contributed by atoms with van der Waals surface area (Å²) in [6.07, 6.45) is 0.804. The van der Waals surface area contributed by atoms with Crippen LogP contribution < -0.4 is 10.9 Å². The Morgan fingerprint density at radius 3 is 2.91 bits per heavy atom. The summed E-state index contributed by atoms with van der Waals surface area (Å²) in [6, 6.07) is 9.56. The second kappa shape index (κ2) is 6.78. The third-order valence-corrected chi connectivity index (χ3v) is 5.12. The summed E-state index contributed by atoms with van der Waals surface area (Å²) < 4.78 is 1.38. The maximum absolute atomic E-state index is 12.1. The average molecular weight is 350 g/mol. The molecule has 0 aliphatic rings. The van der Waals surface area contributed by atoms with E-state index in [1.54, 1.807) is 6.07 Å². The Kier molecular flexibility index (Phi) is 4.75. The van der Waals surface area contributed by atoms with E-state index in [4.69, 9.17) is 11.6 Å². The molecular formula is C16H18ClN4OS+. The van der Waals surface area contributed by atoms with Gasteiger partial charge in [-0.3, -0.25) is 4.79 Å². The molecule has 0 aliphatic carbocycles. The van der Waals surface area contributed by atoms with Crippen LogP contribution in [0.3, 0.4) is 0 Å². The molecule has 23 heavy (non-hydrogen) atoms. The molecule has 0 saturated carbocycles. The Hall–Kier alpha value is -1.76. The van der Waals surface area contributed by atoms with Gasteiger partial charge in [-0.25, -0.2) is 4.98 Å². The molecule has 2 heterocycles. The van der Waals surface area contributed by atoms with E-state index in [0.29, 0.717) is 11.5 Å². The zero-order chi connectivity index (χ0) is 16.4. The largest absolute Gasteiger partial charge is 0.335 e. The fraction of sp³-hybridized carbons (Fsp3) is 0.312. The molecule has 2 aromatic heterocycles. The zero-order valence-corrected chi connectivity index (χ0v) is 14.6. The van der Waals surface area contributed by atoms with Crippen LogP contribution in [0.15, 0.2) is 35.1 Å². The Morgan fingerprint density at radius 2 is 2.17 bits per heavy atom. The number of aryl methyl sites for hydroxylation is 1. The van der Waals surface area contributed by atoms with E-state index in [1.807, 2.05) is 31.2 Å². The predicted molar refractivity (Wildman–Crippen MR) is 92.0 cm³/mol.